The van der Waals surface area contributed by atoms with Crippen LogP contribution in [-0.4, -0.2) is 25.2 Å². The highest BCUT2D eigenvalue weighted by atomic mass is 16.5. The van der Waals surface area contributed by atoms with E-state index in [1.54, 1.807) is 0 Å². The first-order valence-corrected chi connectivity index (χ1v) is 6.00. The first-order valence-electron chi connectivity index (χ1n) is 6.00. The van der Waals surface area contributed by atoms with Crippen molar-refractivity contribution < 1.29 is 9.53 Å². The Kier molecular flexibility index (Phi) is 3.01. The molecule has 2 rings (SSSR count). The van der Waals surface area contributed by atoms with E-state index >= 15 is 0 Å². The molecule has 0 aromatic heterocycles. The van der Waals surface area contributed by atoms with Gasteiger partial charge in [0.2, 0.25) is 0 Å². The molecule has 3 heteroatoms. The van der Waals surface area contributed by atoms with Gasteiger partial charge in [0, 0.05) is 0 Å². The van der Waals surface area contributed by atoms with Crippen molar-refractivity contribution in [1.29, 1.82) is 0 Å². The fraction of sp³-hybridized carbons (Fsp3) is 0.917. The average Bonchev–Trinajstić information content (AvgIpc) is 2.99. The van der Waals surface area contributed by atoms with Gasteiger partial charge in [-0.15, -0.1) is 0 Å². The molecule has 0 saturated heterocycles. The molecule has 3 nitrogen and oxygen atoms in total. The van der Waals surface area contributed by atoms with Crippen molar-refractivity contribution in [3.63, 3.8) is 0 Å². The van der Waals surface area contributed by atoms with E-state index in [4.69, 9.17) is 4.74 Å². The number of hydrogen-bond acceptors (Lipinski definition) is 3. The predicted octanol–water partition coefficient (Wildman–Crippen LogP) is 1.72. The minimum Gasteiger partial charge on any atom is -0.468 e. The molecular weight excluding hydrogens is 190 g/mol. The van der Waals surface area contributed by atoms with Gasteiger partial charge in [0.15, 0.2) is 0 Å². The topological polar surface area (TPSA) is 38.3 Å². The maximum atomic E-state index is 11.8. The van der Waals surface area contributed by atoms with Crippen LogP contribution in [0, 0.1) is 11.8 Å². The van der Waals surface area contributed by atoms with Gasteiger partial charge in [-0.2, -0.15) is 0 Å². The summed E-state index contributed by atoms with van der Waals surface area (Å²) in [5.41, 5.74) is -0.364. The maximum absolute atomic E-state index is 11.8. The second-order valence-electron chi connectivity index (χ2n) is 5.25. The maximum Gasteiger partial charge on any atom is 0.326 e. The molecule has 0 aromatic rings. The Morgan fingerprint density at radius 1 is 1.47 bits per heavy atom. The van der Waals surface area contributed by atoms with E-state index in [1.165, 1.54) is 20.0 Å². The van der Waals surface area contributed by atoms with Crippen LogP contribution in [0.25, 0.3) is 0 Å². The van der Waals surface area contributed by atoms with Crippen molar-refractivity contribution in [2.75, 3.05) is 13.7 Å². The van der Waals surface area contributed by atoms with Crippen molar-refractivity contribution in [3.05, 3.63) is 0 Å². The van der Waals surface area contributed by atoms with Crippen LogP contribution in [0.5, 0.6) is 0 Å². The molecule has 2 saturated carbocycles. The zero-order valence-electron chi connectivity index (χ0n) is 9.71. The summed E-state index contributed by atoms with van der Waals surface area (Å²) in [5.74, 6) is 1.38. The molecule has 2 atom stereocenters. The van der Waals surface area contributed by atoms with Gasteiger partial charge in [0.1, 0.15) is 5.54 Å². The zero-order chi connectivity index (χ0) is 10.9. The Balaban J connectivity index is 1.97. The van der Waals surface area contributed by atoms with Gasteiger partial charge in [-0.1, -0.05) is 6.92 Å². The highest BCUT2D eigenvalue weighted by Gasteiger charge is 2.45. The third kappa shape index (κ3) is 2.33. The van der Waals surface area contributed by atoms with Crippen molar-refractivity contribution in [2.24, 2.45) is 11.8 Å². The Labute approximate surface area is 91.6 Å². The first kappa shape index (κ1) is 10.9. The summed E-state index contributed by atoms with van der Waals surface area (Å²) < 4.78 is 4.94. The minimum atomic E-state index is -0.364. The standard InChI is InChI=1S/C12H21NO2/c1-9-5-6-12(7-9,11(14)15-2)13-8-10-3-4-10/h9-10,13H,3-8H2,1-2H3. The highest BCUT2D eigenvalue weighted by Crippen LogP contribution is 2.36. The van der Waals surface area contributed by atoms with Crippen LogP contribution in [0.3, 0.4) is 0 Å². The second-order valence-corrected chi connectivity index (χ2v) is 5.25. The minimum absolute atomic E-state index is 0.0625. The summed E-state index contributed by atoms with van der Waals surface area (Å²) >= 11 is 0. The molecule has 0 aromatic carbocycles. The van der Waals surface area contributed by atoms with Gasteiger partial charge in [0.25, 0.3) is 0 Å². The van der Waals surface area contributed by atoms with E-state index in [2.05, 4.69) is 12.2 Å². The fourth-order valence-electron chi connectivity index (χ4n) is 2.57. The summed E-state index contributed by atoms with van der Waals surface area (Å²) in [6.45, 7) is 3.20. The van der Waals surface area contributed by atoms with Gasteiger partial charge in [-0.25, -0.2) is 0 Å². The Bertz CT molecular complexity index is 250. The van der Waals surface area contributed by atoms with E-state index in [0.717, 1.165) is 31.7 Å². The normalized spacial score (nSPS) is 35.5. The number of rotatable bonds is 4. The molecule has 2 fully saturated rings. The fourth-order valence-corrected chi connectivity index (χ4v) is 2.57. The molecule has 0 radical (unpaired) electrons. The van der Waals surface area contributed by atoms with E-state index in [1.807, 2.05) is 0 Å². The molecule has 2 unspecified atom stereocenters. The number of ether oxygens (including phenoxy) is 1. The van der Waals surface area contributed by atoms with Gasteiger partial charge in [-0.3, -0.25) is 4.79 Å². The Morgan fingerprint density at radius 3 is 2.67 bits per heavy atom. The summed E-state index contributed by atoms with van der Waals surface area (Å²) in [6, 6.07) is 0. The number of carbonyl (C=O) groups excluding carboxylic acids is 1. The molecule has 86 valence electrons. The summed E-state index contributed by atoms with van der Waals surface area (Å²) in [6.07, 6.45) is 5.65. The van der Waals surface area contributed by atoms with Crippen molar-refractivity contribution in [3.8, 4) is 0 Å². The molecule has 0 spiro atoms. The third-order valence-electron chi connectivity index (χ3n) is 3.76. The second kappa shape index (κ2) is 4.12. The molecule has 1 N–H and O–H groups in total. The molecule has 0 bridgehead atoms. The van der Waals surface area contributed by atoms with E-state index in [9.17, 15) is 4.79 Å². The zero-order valence-corrected chi connectivity index (χ0v) is 9.71. The number of esters is 1. The summed E-state index contributed by atoms with van der Waals surface area (Å²) in [7, 11) is 1.49. The smallest absolute Gasteiger partial charge is 0.326 e. The lowest BCUT2D eigenvalue weighted by molar-refractivity contribution is -0.148. The largest absolute Gasteiger partial charge is 0.468 e. The molecular formula is C12H21NO2. The van der Waals surface area contributed by atoms with Crippen molar-refractivity contribution in [2.45, 2.75) is 44.6 Å². The molecule has 15 heavy (non-hydrogen) atoms. The number of methoxy groups -OCH3 is 1. The van der Waals surface area contributed by atoms with Crippen LogP contribution in [0.2, 0.25) is 0 Å². The summed E-state index contributed by atoms with van der Waals surface area (Å²) in [5, 5.41) is 3.46. The molecule has 0 amide bonds. The molecule has 0 aliphatic heterocycles. The SMILES string of the molecule is COC(=O)C1(NCC2CC2)CCC(C)C1. The summed E-state index contributed by atoms with van der Waals surface area (Å²) in [4.78, 5) is 11.8. The highest BCUT2D eigenvalue weighted by molar-refractivity contribution is 5.81. The van der Waals surface area contributed by atoms with Gasteiger partial charge < -0.3 is 10.1 Å². The quantitative estimate of drug-likeness (QED) is 0.720. The number of hydrogen-bond donors (Lipinski definition) is 1. The Morgan fingerprint density at radius 2 is 2.20 bits per heavy atom. The van der Waals surface area contributed by atoms with Gasteiger partial charge in [-0.05, 0) is 50.5 Å². The molecule has 0 heterocycles. The van der Waals surface area contributed by atoms with Crippen LogP contribution in [0.4, 0.5) is 0 Å². The lowest BCUT2D eigenvalue weighted by atomic mass is 9.96. The Hall–Kier alpha value is -0.570. The third-order valence-corrected chi connectivity index (χ3v) is 3.76. The van der Waals surface area contributed by atoms with E-state index < -0.39 is 0 Å². The van der Waals surface area contributed by atoms with E-state index in [-0.39, 0.29) is 11.5 Å². The molecule has 2 aliphatic carbocycles. The van der Waals surface area contributed by atoms with Crippen molar-refractivity contribution >= 4 is 5.97 Å². The number of nitrogens with one attached hydrogen (secondary N) is 1. The lowest BCUT2D eigenvalue weighted by Gasteiger charge is -2.27. The van der Waals surface area contributed by atoms with Crippen LogP contribution in [0.1, 0.15) is 39.0 Å². The predicted molar refractivity (Wildman–Crippen MR) is 58.5 cm³/mol. The van der Waals surface area contributed by atoms with Gasteiger partial charge >= 0.3 is 5.97 Å². The van der Waals surface area contributed by atoms with Crippen LogP contribution in [0.15, 0.2) is 0 Å². The lowest BCUT2D eigenvalue weighted by Crippen LogP contribution is -2.51. The monoisotopic (exact) mass is 211 g/mol. The molecule has 2 aliphatic rings. The van der Waals surface area contributed by atoms with Crippen LogP contribution < -0.4 is 5.32 Å². The number of carbonyl (C=O) groups is 1. The van der Waals surface area contributed by atoms with E-state index in [0.29, 0.717) is 5.92 Å². The van der Waals surface area contributed by atoms with Crippen LogP contribution >= 0.6 is 0 Å². The van der Waals surface area contributed by atoms with Crippen LogP contribution in [-0.2, 0) is 9.53 Å². The first-order chi connectivity index (χ1) is 7.16. The van der Waals surface area contributed by atoms with Gasteiger partial charge in [0.05, 0.1) is 7.11 Å². The van der Waals surface area contributed by atoms with Crippen molar-refractivity contribution in [1.82, 2.24) is 5.32 Å². The average molecular weight is 211 g/mol.